The average molecular weight is 108 g/mol. The maximum atomic E-state index is 10.9. The normalized spacial score (nSPS) is 9.00. The molecule has 0 saturated carbocycles. The molecular weight excluding hydrogens is 105 g/mol. The molecule has 0 aromatic heterocycles. The summed E-state index contributed by atoms with van der Waals surface area (Å²) in [5.74, 6) is -1.46. The van der Waals surface area contributed by atoms with Crippen LogP contribution >= 0.6 is 0 Å². The smallest absolute Gasteiger partial charge is 0.340 e. The molecule has 0 spiro atoms. The first-order valence-corrected chi connectivity index (χ1v) is 1.63. The van der Waals surface area contributed by atoms with E-state index in [4.69, 9.17) is 5.11 Å². The summed E-state index contributed by atoms with van der Waals surface area (Å²) in [7, 11) is -1.06. The van der Waals surface area contributed by atoms with Crippen molar-refractivity contribution in [2.75, 3.05) is 0 Å². The standard InChI is InChI=1S/C2H3BF2O2/c4-1(5)3-2(6)7/h1,3H,(H,6,7). The highest BCUT2D eigenvalue weighted by Gasteiger charge is 2.11. The molecule has 0 aliphatic carbocycles. The number of hydrogen-bond acceptors (Lipinski definition) is 1. The van der Waals surface area contributed by atoms with Gasteiger partial charge in [0.25, 0.3) is 5.87 Å². The molecule has 0 aromatic carbocycles. The van der Waals surface area contributed by atoms with Crippen molar-refractivity contribution in [2.24, 2.45) is 0 Å². The lowest BCUT2D eigenvalue weighted by Crippen LogP contribution is -2.14. The molecule has 0 unspecified atom stereocenters. The van der Waals surface area contributed by atoms with E-state index in [1.54, 1.807) is 0 Å². The van der Waals surface area contributed by atoms with Crippen LogP contribution in [0.4, 0.5) is 13.6 Å². The zero-order valence-corrected chi connectivity index (χ0v) is 3.40. The van der Waals surface area contributed by atoms with Crippen LogP contribution in [0.15, 0.2) is 0 Å². The lowest BCUT2D eigenvalue weighted by atomic mass is 9.80. The second kappa shape index (κ2) is 2.55. The average Bonchev–Trinajstić information content (AvgIpc) is 1.27. The summed E-state index contributed by atoms with van der Waals surface area (Å²) in [5, 5.41) is 7.60. The quantitative estimate of drug-likeness (QED) is 0.517. The lowest BCUT2D eigenvalue weighted by molar-refractivity contribution is 0.208. The maximum Gasteiger partial charge on any atom is 0.340 e. The first-order chi connectivity index (χ1) is 3.13. The molecule has 5 heteroatoms. The molecule has 0 amide bonds. The number of rotatable bonds is 2. The van der Waals surface area contributed by atoms with Crippen molar-refractivity contribution in [1.29, 1.82) is 0 Å². The highest BCUT2D eigenvalue weighted by atomic mass is 19.3. The fourth-order valence-electron chi connectivity index (χ4n) is 0.132. The van der Waals surface area contributed by atoms with Crippen molar-refractivity contribution in [3.8, 4) is 0 Å². The van der Waals surface area contributed by atoms with Crippen molar-refractivity contribution in [3.63, 3.8) is 0 Å². The third-order valence-electron chi connectivity index (χ3n) is 0.329. The van der Waals surface area contributed by atoms with E-state index in [0.717, 1.165) is 0 Å². The van der Waals surface area contributed by atoms with Gasteiger partial charge in [-0.2, -0.15) is 0 Å². The second-order valence-electron chi connectivity index (χ2n) is 0.989. The number of carbonyl (C=O) groups is 1. The van der Waals surface area contributed by atoms with Crippen LogP contribution in [0.25, 0.3) is 0 Å². The minimum Gasteiger partial charge on any atom is -0.489 e. The fraction of sp³-hybridized carbons (Fsp3) is 0.500. The zero-order chi connectivity index (χ0) is 5.86. The number of alkyl halides is 2. The highest BCUT2D eigenvalue weighted by molar-refractivity contribution is 6.72. The van der Waals surface area contributed by atoms with Crippen LogP contribution in [0.3, 0.4) is 0 Å². The van der Waals surface area contributed by atoms with Gasteiger partial charge in [0, 0.05) is 0 Å². The molecule has 0 heterocycles. The molecule has 0 rings (SSSR count). The predicted molar refractivity (Wildman–Crippen MR) is 21.2 cm³/mol. The summed E-state index contributed by atoms with van der Waals surface area (Å²) in [4.78, 5) is 9.33. The molecule has 1 N–H and O–H groups in total. The minimum atomic E-state index is -2.72. The van der Waals surface area contributed by atoms with Gasteiger partial charge in [-0.25, -0.2) is 8.78 Å². The van der Waals surface area contributed by atoms with Gasteiger partial charge in [0.15, 0.2) is 0 Å². The van der Waals surface area contributed by atoms with Crippen LogP contribution < -0.4 is 0 Å². The van der Waals surface area contributed by atoms with Crippen LogP contribution in [0.1, 0.15) is 0 Å². The van der Waals surface area contributed by atoms with Crippen molar-refractivity contribution < 1.29 is 18.7 Å². The Hall–Kier alpha value is -0.605. The molecule has 0 aliphatic heterocycles. The molecule has 0 radical (unpaired) electrons. The van der Waals surface area contributed by atoms with Crippen LogP contribution in [0.5, 0.6) is 0 Å². The SMILES string of the molecule is O=C(O)BC(F)F. The third-order valence-corrected chi connectivity index (χ3v) is 0.329. The summed E-state index contributed by atoms with van der Waals surface area (Å²) in [6.45, 7) is 0. The van der Waals surface area contributed by atoms with Gasteiger partial charge >= 0.3 is 7.28 Å². The summed E-state index contributed by atoms with van der Waals surface area (Å²) >= 11 is 0. The van der Waals surface area contributed by atoms with E-state index in [0.29, 0.717) is 0 Å². The van der Waals surface area contributed by atoms with Crippen molar-refractivity contribution >= 4 is 13.1 Å². The van der Waals surface area contributed by atoms with Crippen molar-refractivity contribution in [1.82, 2.24) is 0 Å². The molecule has 0 fully saturated rings. The largest absolute Gasteiger partial charge is 0.489 e. The van der Waals surface area contributed by atoms with E-state index in [1.807, 2.05) is 0 Å². The van der Waals surface area contributed by atoms with Gasteiger partial charge in [-0.3, -0.25) is 4.79 Å². The van der Waals surface area contributed by atoms with Gasteiger partial charge < -0.3 is 5.11 Å². The third kappa shape index (κ3) is 5.39. The summed E-state index contributed by atoms with van der Waals surface area (Å²) in [6, 6.07) is 0. The monoisotopic (exact) mass is 108 g/mol. The second-order valence-corrected chi connectivity index (χ2v) is 0.989. The van der Waals surface area contributed by atoms with Crippen LogP contribution in [0, 0.1) is 0 Å². The van der Waals surface area contributed by atoms with E-state index >= 15 is 0 Å². The first kappa shape index (κ1) is 6.39. The molecule has 0 saturated heterocycles. The lowest BCUT2D eigenvalue weighted by Gasteiger charge is -1.84. The maximum absolute atomic E-state index is 10.9. The summed E-state index contributed by atoms with van der Waals surface area (Å²) < 4.78 is 21.8. The summed E-state index contributed by atoms with van der Waals surface area (Å²) in [6.07, 6.45) is -2.72. The van der Waals surface area contributed by atoms with Crippen LogP contribution in [0.2, 0.25) is 0 Å². The Morgan fingerprint density at radius 2 is 2.14 bits per heavy atom. The molecule has 40 valence electrons. The topological polar surface area (TPSA) is 37.3 Å². The number of carboxylic acid groups (broad SMARTS) is 1. The van der Waals surface area contributed by atoms with E-state index in [2.05, 4.69) is 0 Å². The number of halogens is 2. The van der Waals surface area contributed by atoms with Gasteiger partial charge in [0.1, 0.15) is 0 Å². The van der Waals surface area contributed by atoms with Gasteiger partial charge in [0.05, 0.1) is 0 Å². The zero-order valence-electron chi connectivity index (χ0n) is 3.40. The molecular formula is C2H3BF2O2. The Morgan fingerprint density at radius 1 is 1.71 bits per heavy atom. The van der Waals surface area contributed by atoms with Crippen molar-refractivity contribution in [2.45, 2.75) is 6.32 Å². The summed E-state index contributed by atoms with van der Waals surface area (Å²) in [5.41, 5.74) is 0. The first-order valence-electron chi connectivity index (χ1n) is 1.63. The molecule has 0 aromatic rings. The Labute approximate surface area is 39.4 Å². The molecule has 7 heavy (non-hydrogen) atoms. The van der Waals surface area contributed by atoms with E-state index in [-0.39, 0.29) is 0 Å². The molecule has 0 bridgehead atoms. The van der Waals surface area contributed by atoms with Crippen LogP contribution in [-0.2, 0) is 0 Å². The molecule has 2 nitrogen and oxygen atoms in total. The Bertz CT molecular complexity index is 74.1. The van der Waals surface area contributed by atoms with Crippen molar-refractivity contribution in [3.05, 3.63) is 0 Å². The van der Waals surface area contributed by atoms with Gasteiger partial charge in [-0.1, -0.05) is 0 Å². The Balaban J connectivity index is 3.13. The Kier molecular flexibility index (Phi) is 2.33. The Morgan fingerprint density at radius 3 is 2.14 bits per heavy atom. The molecule has 0 atom stereocenters. The van der Waals surface area contributed by atoms with Gasteiger partial charge in [-0.05, 0) is 0 Å². The van der Waals surface area contributed by atoms with E-state index in [9.17, 15) is 13.6 Å². The van der Waals surface area contributed by atoms with Crippen LogP contribution in [-0.4, -0.2) is 24.6 Å². The number of hydrogen-bond donors (Lipinski definition) is 1. The van der Waals surface area contributed by atoms with Gasteiger partial charge in [0.2, 0.25) is 6.32 Å². The highest BCUT2D eigenvalue weighted by Crippen LogP contribution is 1.86. The molecule has 0 aliphatic rings. The predicted octanol–water partition coefficient (Wildman–Crippen LogP) is 0.324. The van der Waals surface area contributed by atoms with Gasteiger partial charge in [-0.15, -0.1) is 0 Å². The minimum absolute atomic E-state index is 1.06. The fourth-order valence-corrected chi connectivity index (χ4v) is 0.132. The van der Waals surface area contributed by atoms with E-state index < -0.39 is 19.5 Å². The van der Waals surface area contributed by atoms with E-state index in [1.165, 1.54) is 0 Å².